The maximum atomic E-state index is 13.4. The summed E-state index contributed by atoms with van der Waals surface area (Å²) < 4.78 is 10.5. The molecule has 0 aromatic heterocycles. The topological polar surface area (TPSA) is 67.9 Å². The summed E-state index contributed by atoms with van der Waals surface area (Å²) in [5.74, 6) is 0.631. The van der Waals surface area contributed by atoms with E-state index < -0.39 is 6.04 Å². The van der Waals surface area contributed by atoms with Crippen molar-refractivity contribution in [3.05, 3.63) is 59.7 Å². The Morgan fingerprint density at radius 2 is 1.63 bits per heavy atom. The van der Waals surface area contributed by atoms with E-state index in [0.717, 1.165) is 18.4 Å². The van der Waals surface area contributed by atoms with Crippen molar-refractivity contribution in [3.63, 3.8) is 0 Å². The molecule has 1 aliphatic carbocycles. The van der Waals surface area contributed by atoms with Gasteiger partial charge < -0.3 is 19.7 Å². The molecule has 0 heterocycles. The van der Waals surface area contributed by atoms with Crippen molar-refractivity contribution in [1.82, 2.24) is 10.2 Å². The van der Waals surface area contributed by atoms with Crippen LogP contribution in [-0.4, -0.2) is 43.0 Å². The molecule has 0 aliphatic heterocycles. The van der Waals surface area contributed by atoms with Crippen molar-refractivity contribution in [3.8, 4) is 11.5 Å². The van der Waals surface area contributed by atoms with Crippen molar-refractivity contribution in [2.75, 3.05) is 14.2 Å². The van der Waals surface area contributed by atoms with Crippen LogP contribution in [0.3, 0.4) is 0 Å². The number of carbonyl (C=O) groups excluding carboxylic acids is 2. The van der Waals surface area contributed by atoms with Crippen molar-refractivity contribution < 1.29 is 19.1 Å². The highest BCUT2D eigenvalue weighted by Crippen LogP contribution is 2.30. The number of carbonyl (C=O) groups is 2. The van der Waals surface area contributed by atoms with Crippen LogP contribution >= 0.6 is 0 Å². The Bertz CT molecular complexity index is 856. The average molecular weight is 411 g/mol. The third kappa shape index (κ3) is 5.32. The first-order valence-electron chi connectivity index (χ1n) is 10.3. The molecule has 6 heteroatoms. The van der Waals surface area contributed by atoms with Gasteiger partial charge in [0.15, 0.2) is 0 Å². The molecule has 1 atom stereocenters. The van der Waals surface area contributed by atoms with Crippen molar-refractivity contribution in [1.29, 1.82) is 0 Å². The molecule has 160 valence electrons. The predicted octanol–water partition coefficient (Wildman–Crippen LogP) is 3.65. The van der Waals surface area contributed by atoms with Crippen molar-refractivity contribution in [2.45, 2.75) is 45.3 Å². The monoisotopic (exact) mass is 410 g/mol. The molecule has 30 heavy (non-hydrogen) atoms. The molecule has 3 rings (SSSR count). The summed E-state index contributed by atoms with van der Waals surface area (Å²) in [4.78, 5) is 28.3. The van der Waals surface area contributed by atoms with Gasteiger partial charge in [0.05, 0.1) is 14.2 Å². The number of hydrogen-bond donors (Lipinski definition) is 1. The summed E-state index contributed by atoms with van der Waals surface area (Å²) in [6, 6.07) is 14.6. The molecule has 2 amide bonds. The minimum Gasteiger partial charge on any atom is -0.497 e. The molecule has 1 N–H and O–H groups in total. The number of nitrogens with zero attached hydrogens (tertiary/aromatic N) is 1. The molecule has 0 saturated heterocycles. The van der Waals surface area contributed by atoms with Gasteiger partial charge in [-0.15, -0.1) is 0 Å². The molecule has 1 aliphatic rings. The van der Waals surface area contributed by atoms with Crippen LogP contribution in [0.4, 0.5) is 0 Å². The van der Waals surface area contributed by atoms with Gasteiger partial charge in [-0.3, -0.25) is 9.59 Å². The minimum absolute atomic E-state index is 0.0421. The number of benzene rings is 2. The van der Waals surface area contributed by atoms with Gasteiger partial charge in [0, 0.05) is 24.2 Å². The van der Waals surface area contributed by atoms with E-state index in [-0.39, 0.29) is 23.8 Å². The lowest BCUT2D eigenvalue weighted by Gasteiger charge is -2.30. The third-order valence-electron chi connectivity index (χ3n) is 5.30. The van der Waals surface area contributed by atoms with E-state index in [4.69, 9.17) is 9.47 Å². The molecule has 1 fully saturated rings. The molecule has 1 saturated carbocycles. The second-order valence-corrected chi connectivity index (χ2v) is 7.98. The van der Waals surface area contributed by atoms with E-state index >= 15 is 0 Å². The van der Waals surface area contributed by atoms with Crippen LogP contribution in [-0.2, 0) is 11.3 Å². The maximum absolute atomic E-state index is 13.4. The second kappa shape index (κ2) is 9.65. The standard InChI is InChI=1S/C24H30N2O4/c1-16(2)22(25-23(27)18-12-20(29-3)14-21(13-18)30-4)24(28)26(19-10-11-19)15-17-8-6-5-7-9-17/h5-9,12-14,16,19,22H,10-11,15H2,1-4H3,(H,25,27). The van der Waals surface area contributed by atoms with Gasteiger partial charge in [-0.05, 0) is 36.5 Å². The molecule has 2 aromatic rings. The molecule has 2 aromatic carbocycles. The fraction of sp³-hybridized carbons (Fsp3) is 0.417. The number of methoxy groups -OCH3 is 2. The first kappa shape index (κ1) is 21.7. The van der Waals surface area contributed by atoms with Crippen LogP contribution in [0.2, 0.25) is 0 Å². The minimum atomic E-state index is -0.612. The predicted molar refractivity (Wildman–Crippen MR) is 116 cm³/mol. The van der Waals surface area contributed by atoms with Crippen LogP contribution in [0.25, 0.3) is 0 Å². The Morgan fingerprint density at radius 1 is 1.03 bits per heavy atom. The first-order valence-corrected chi connectivity index (χ1v) is 10.3. The van der Waals surface area contributed by atoms with Gasteiger partial charge in [0.1, 0.15) is 17.5 Å². The fourth-order valence-electron chi connectivity index (χ4n) is 3.41. The molecular formula is C24H30N2O4. The molecule has 6 nitrogen and oxygen atoms in total. The van der Waals surface area contributed by atoms with Crippen molar-refractivity contribution >= 4 is 11.8 Å². The van der Waals surface area contributed by atoms with Gasteiger partial charge in [0.2, 0.25) is 5.91 Å². The Kier molecular flexibility index (Phi) is 6.98. The van der Waals surface area contributed by atoms with Gasteiger partial charge in [0.25, 0.3) is 5.91 Å². The maximum Gasteiger partial charge on any atom is 0.252 e. The van der Waals surface area contributed by atoms with Crippen LogP contribution in [0, 0.1) is 5.92 Å². The average Bonchev–Trinajstić information content (AvgIpc) is 3.60. The number of rotatable bonds is 9. The van der Waals surface area contributed by atoms with E-state index in [1.54, 1.807) is 18.2 Å². The van der Waals surface area contributed by atoms with Crippen LogP contribution in [0.1, 0.15) is 42.6 Å². The first-order chi connectivity index (χ1) is 14.4. The number of ether oxygens (including phenoxy) is 2. The Balaban J connectivity index is 1.79. The van der Waals surface area contributed by atoms with Gasteiger partial charge in [-0.2, -0.15) is 0 Å². The fourth-order valence-corrected chi connectivity index (χ4v) is 3.41. The largest absolute Gasteiger partial charge is 0.497 e. The summed E-state index contributed by atoms with van der Waals surface area (Å²) >= 11 is 0. The van der Waals surface area contributed by atoms with E-state index in [2.05, 4.69) is 5.32 Å². The lowest BCUT2D eigenvalue weighted by atomic mass is 10.0. The van der Waals surface area contributed by atoms with E-state index in [1.807, 2.05) is 49.1 Å². The molecule has 0 bridgehead atoms. The molecular weight excluding hydrogens is 380 g/mol. The Hall–Kier alpha value is -3.02. The summed E-state index contributed by atoms with van der Waals surface area (Å²) in [6.45, 7) is 4.45. The summed E-state index contributed by atoms with van der Waals surface area (Å²) in [6.07, 6.45) is 2.01. The normalized spacial score (nSPS) is 14.2. The summed E-state index contributed by atoms with van der Waals surface area (Å²) in [5, 5.41) is 2.94. The van der Waals surface area contributed by atoms with E-state index in [1.165, 1.54) is 14.2 Å². The smallest absolute Gasteiger partial charge is 0.252 e. The van der Waals surface area contributed by atoms with Crippen LogP contribution in [0.15, 0.2) is 48.5 Å². The van der Waals surface area contributed by atoms with Gasteiger partial charge >= 0.3 is 0 Å². The quantitative estimate of drug-likeness (QED) is 0.685. The lowest BCUT2D eigenvalue weighted by Crippen LogP contribution is -2.51. The highest BCUT2D eigenvalue weighted by Gasteiger charge is 2.37. The second-order valence-electron chi connectivity index (χ2n) is 7.98. The van der Waals surface area contributed by atoms with Crippen LogP contribution < -0.4 is 14.8 Å². The lowest BCUT2D eigenvalue weighted by molar-refractivity contribution is -0.135. The van der Waals surface area contributed by atoms with E-state index in [9.17, 15) is 9.59 Å². The highest BCUT2D eigenvalue weighted by molar-refractivity contribution is 5.98. The molecule has 0 spiro atoms. The Morgan fingerprint density at radius 3 is 2.13 bits per heavy atom. The highest BCUT2D eigenvalue weighted by atomic mass is 16.5. The zero-order chi connectivity index (χ0) is 21.7. The van der Waals surface area contributed by atoms with E-state index in [0.29, 0.717) is 23.6 Å². The molecule has 1 unspecified atom stereocenters. The third-order valence-corrected chi connectivity index (χ3v) is 5.30. The number of nitrogens with one attached hydrogen (secondary N) is 1. The number of hydrogen-bond acceptors (Lipinski definition) is 4. The Labute approximate surface area is 178 Å². The molecule has 0 radical (unpaired) electrons. The SMILES string of the molecule is COc1cc(OC)cc(C(=O)NC(C(=O)N(Cc2ccccc2)C2CC2)C(C)C)c1. The summed E-state index contributed by atoms with van der Waals surface area (Å²) in [7, 11) is 3.07. The zero-order valence-corrected chi connectivity index (χ0v) is 18.1. The van der Waals surface area contributed by atoms with Gasteiger partial charge in [-0.25, -0.2) is 0 Å². The van der Waals surface area contributed by atoms with Gasteiger partial charge in [-0.1, -0.05) is 44.2 Å². The zero-order valence-electron chi connectivity index (χ0n) is 18.1. The summed E-state index contributed by atoms with van der Waals surface area (Å²) in [5.41, 5.74) is 1.48. The number of amides is 2. The van der Waals surface area contributed by atoms with Crippen LogP contribution in [0.5, 0.6) is 11.5 Å². The van der Waals surface area contributed by atoms with Crippen molar-refractivity contribution in [2.24, 2.45) is 5.92 Å².